The Balaban J connectivity index is 1.41. The van der Waals surface area contributed by atoms with E-state index in [1.165, 1.54) is 32.1 Å². The largest absolute Gasteiger partial charge is 0.351 e. The highest BCUT2D eigenvalue weighted by Crippen LogP contribution is 2.54. The lowest BCUT2D eigenvalue weighted by molar-refractivity contribution is -0.0670. The zero-order valence-electron chi connectivity index (χ0n) is 13.6. The standard InChI is InChI=1S/C18H24N4O/c1-20(11-22-18(23)21-5-3-2-4-16(21)19-22)17-14-7-12-6-13(9-14)10-15(17)8-12/h2-5,12-15,17H,6-11H2,1H3. The summed E-state index contributed by atoms with van der Waals surface area (Å²) in [5.74, 6) is 3.65. The van der Waals surface area contributed by atoms with Gasteiger partial charge in [0, 0.05) is 12.2 Å². The molecule has 122 valence electrons. The molecule has 0 spiro atoms. The van der Waals surface area contributed by atoms with Gasteiger partial charge in [-0.3, -0.25) is 9.30 Å². The minimum Gasteiger partial charge on any atom is -0.284 e. The minimum atomic E-state index is -0.0312. The first-order chi connectivity index (χ1) is 11.2. The van der Waals surface area contributed by atoms with Crippen LogP contribution in [0.3, 0.4) is 0 Å². The van der Waals surface area contributed by atoms with Crippen molar-refractivity contribution >= 4 is 5.65 Å². The van der Waals surface area contributed by atoms with E-state index in [9.17, 15) is 4.79 Å². The molecule has 4 fully saturated rings. The van der Waals surface area contributed by atoms with E-state index in [0.717, 1.165) is 29.3 Å². The number of aromatic nitrogens is 3. The van der Waals surface area contributed by atoms with E-state index in [1.807, 2.05) is 18.2 Å². The lowest BCUT2D eigenvalue weighted by Gasteiger charge is -2.56. The molecule has 23 heavy (non-hydrogen) atoms. The van der Waals surface area contributed by atoms with Gasteiger partial charge in [-0.05, 0) is 75.0 Å². The molecule has 0 radical (unpaired) electrons. The third-order valence-corrected chi connectivity index (χ3v) is 6.53. The normalized spacial score (nSPS) is 35.5. The Kier molecular flexibility index (Phi) is 2.96. The summed E-state index contributed by atoms with van der Waals surface area (Å²) in [6, 6.07) is 6.33. The average molecular weight is 312 g/mol. The van der Waals surface area contributed by atoms with E-state index in [0.29, 0.717) is 12.7 Å². The predicted molar refractivity (Wildman–Crippen MR) is 88.0 cm³/mol. The van der Waals surface area contributed by atoms with Crippen LogP contribution in [0, 0.1) is 23.7 Å². The summed E-state index contributed by atoms with van der Waals surface area (Å²) in [6.45, 7) is 0.605. The van der Waals surface area contributed by atoms with Crippen LogP contribution in [0.4, 0.5) is 0 Å². The van der Waals surface area contributed by atoms with Crippen molar-refractivity contribution in [2.75, 3.05) is 7.05 Å². The Morgan fingerprint density at radius 1 is 1.13 bits per heavy atom. The number of fused-ring (bicyclic) bond motifs is 1. The van der Waals surface area contributed by atoms with Gasteiger partial charge in [0.05, 0.1) is 6.67 Å². The molecule has 2 aromatic heterocycles. The number of hydrogen-bond donors (Lipinski definition) is 0. The van der Waals surface area contributed by atoms with E-state index in [4.69, 9.17) is 0 Å². The monoisotopic (exact) mass is 312 g/mol. The van der Waals surface area contributed by atoms with Gasteiger partial charge in [0.25, 0.3) is 0 Å². The number of nitrogens with zero attached hydrogens (tertiary/aromatic N) is 4. The van der Waals surface area contributed by atoms with Crippen LogP contribution >= 0.6 is 0 Å². The van der Waals surface area contributed by atoms with Crippen LogP contribution in [0.25, 0.3) is 5.65 Å². The van der Waals surface area contributed by atoms with E-state index in [2.05, 4.69) is 17.0 Å². The number of hydrogen-bond acceptors (Lipinski definition) is 3. The molecule has 2 aromatic rings. The van der Waals surface area contributed by atoms with Crippen molar-refractivity contribution < 1.29 is 0 Å². The summed E-state index contributed by atoms with van der Waals surface area (Å²) in [5, 5.41) is 4.49. The molecule has 4 bridgehead atoms. The van der Waals surface area contributed by atoms with Gasteiger partial charge in [0.1, 0.15) is 0 Å². The van der Waals surface area contributed by atoms with Gasteiger partial charge in [0.2, 0.25) is 0 Å². The van der Waals surface area contributed by atoms with Crippen molar-refractivity contribution in [1.29, 1.82) is 0 Å². The van der Waals surface area contributed by atoms with Crippen LogP contribution in [0.15, 0.2) is 29.2 Å². The fourth-order valence-electron chi connectivity index (χ4n) is 5.98. The molecule has 5 nitrogen and oxygen atoms in total. The fraction of sp³-hybridized carbons (Fsp3) is 0.667. The topological polar surface area (TPSA) is 42.5 Å². The molecule has 0 amide bonds. The quantitative estimate of drug-likeness (QED) is 0.873. The Morgan fingerprint density at radius 2 is 1.83 bits per heavy atom. The fourth-order valence-corrected chi connectivity index (χ4v) is 5.98. The van der Waals surface area contributed by atoms with Crippen LogP contribution < -0.4 is 5.69 Å². The molecule has 5 heteroatoms. The second-order valence-corrected chi connectivity index (χ2v) is 8.03. The predicted octanol–water partition coefficient (Wildman–Crippen LogP) is 2.21. The Labute approximate surface area is 135 Å². The Hall–Kier alpha value is -1.62. The highest BCUT2D eigenvalue weighted by Gasteiger charge is 2.49. The van der Waals surface area contributed by atoms with E-state index < -0.39 is 0 Å². The molecule has 0 aliphatic heterocycles. The second kappa shape index (κ2) is 4.94. The smallest absolute Gasteiger partial charge is 0.284 e. The summed E-state index contributed by atoms with van der Waals surface area (Å²) in [7, 11) is 2.18. The van der Waals surface area contributed by atoms with Crippen molar-refractivity contribution in [3.63, 3.8) is 0 Å². The molecular weight excluding hydrogens is 288 g/mol. The van der Waals surface area contributed by atoms with Crippen LogP contribution in [-0.4, -0.2) is 32.2 Å². The first kappa shape index (κ1) is 13.8. The number of rotatable bonds is 3. The molecule has 4 saturated carbocycles. The third-order valence-electron chi connectivity index (χ3n) is 6.53. The van der Waals surface area contributed by atoms with E-state index >= 15 is 0 Å². The molecular formula is C18H24N4O. The summed E-state index contributed by atoms with van der Waals surface area (Å²) in [5.41, 5.74) is 0.701. The summed E-state index contributed by atoms with van der Waals surface area (Å²) in [4.78, 5) is 14.9. The van der Waals surface area contributed by atoms with Crippen LogP contribution in [-0.2, 0) is 6.67 Å². The van der Waals surface area contributed by atoms with Gasteiger partial charge < -0.3 is 0 Å². The molecule has 4 aliphatic rings. The molecule has 0 aromatic carbocycles. The van der Waals surface area contributed by atoms with Crippen molar-refractivity contribution in [3.05, 3.63) is 34.9 Å². The average Bonchev–Trinajstić information content (AvgIpc) is 2.83. The molecule has 0 saturated heterocycles. The van der Waals surface area contributed by atoms with Crippen LogP contribution in [0.5, 0.6) is 0 Å². The molecule has 6 rings (SSSR count). The van der Waals surface area contributed by atoms with E-state index in [1.54, 1.807) is 15.3 Å². The first-order valence-electron chi connectivity index (χ1n) is 8.93. The SMILES string of the molecule is CN(Cn1nc2ccccn2c1=O)C1C2CC3CC(C2)CC1C3. The van der Waals surface area contributed by atoms with Gasteiger partial charge in [-0.1, -0.05) is 6.07 Å². The van der Waals surface area contributed by atoms with Gasteiger partial charge in [-0.15, -0.1) is 5.10 Å². The van der Waals surface area contributed by atoms with E-state index in [-0.39, 0.29) is 5.69 Å². The zero-order valence-corrected chi connectivity index (χ0v) is 13.6. The highest BCUT2D eigenvalue weighted by molar-refractivity contribution is 5.35. The maximum Gasteiger partial charge on any atom is 0.351 e. The summed E-state index contributed by atoms with van der Waals surface area (Å²) >= 11 is 0. The number of pyridine rings is 1. The van der Waals surface area contributed by atoms with Gasteiger partial charge in [-0.25, -0.2) is 4.79 Å². The molecule has 0 N–H and O–H groups in total. The zero-order chi connectivity index (χ0) is 15.6. The molecule has 4 aliphatic carbocycles. The first-order valence-corrected chi connectivity index (χ1v) is 8.93. The second-order valence-electron chi connectivity index (χ2n) is 8.03. The van der Waals surface area contributed by atoms with Gasteiger partial charge in [0.15, 0.2) is 5.65 Å². The van der Waals surface area contributed by atoms with Crippen molar-refractivity contribution in [2.45, 2.75) is 44.8 Å². The lowest BCUT2D eigenvalue weighted by Crippen LogP contribution is -2.55. The van der Waals surface area contributed by atoms with Crippen LogP contribution in [0.1, 0.15) is 32.1 Å². The Morgan fingerprint density at radius 3 is 2.48 bits per heavy atom. The maximum absolute atomic E-state index is 12.5. The van der Waals surface area contributed by atoms with Gasteiger partial charge in [-0.2, -0.15) is 4.68 Å². The van der Waals surface area contributed by atoms with Gasteiger partial charge >= 0.3 is 5.69 Å². The third kappa shape index (κ3) is 2.09. The molecule has 0 atom stereocenters. The molecule has 2 heterocycles. The molecule has 0 unspecified atom stereocenters. The maximum atomic E-state index is 12.5. The van der Waals surface area contributed by atoms with Crippen LogP contribution in [0.2, 0.25) is 0 Å². The summed E-state index contributed by atoms with van der Waals surface area (Å²) in [6.07, 6.45) is 8.90. The Bertz CT molecular complexity index is 764. The lowest BCUT2D eigenvalue weighted by atomic mass is 9.54. The highest BCUT2D eigenvalue weighted by atomic mass is 16.2. The van der Waals surface area contributed by atoms with Crippen molar-refractivity contribution in [2.24, 2.45) is 23.7 Å². The van der Waals surface area contributed by atoms with Crippen molar-refractivity contribution in [3.8, 4) is 0 Å². The minimum absolute atomic E-state index is 0.0312. The van der Waals surface area contributed by atoms with Crippen molar-refractivity contribution in [1.82, 2.24) is 19.1 Å². The summed E-state index contributed by atoms with van der Waals surface area (Å²) < 4.78 is 3.26.